The van der Waals surface area contributed by atoms with Gasteiger partial charge in [0.15, 0.2) is 5.82 Å². The van der Waals surface area contributed by atoms with Gasteiger partial charge < -0.3 is 0 Å². The molecular weight excluding hydrogens is 448 g/mol. The van der Waals surface area contributed by atoms with Gasteiger partial charge in [0, 0.05) is 22.5 Å². The molecule has 0 radical (unpaired) electrons. The SMILES string of the molecule is CC.CC.CC.CC.Cc1nc(-c2cccc3ccccc23)nc(C)c1-c1ccc(C)c2ccccc12. The van der Waals surface area contributed by atoms with Crippen molar-refractivity contribution in [3.63, 3.8) is 0 Å². The van der Waals surface area contributed by atoms with Crippen LogP contribution in [0.2, 0.25) is 0 Å². The summed E-state index contributed by atoms with van der Waals surface area (Å²) in [4.78, 5) is 9.90. The second kappa shape index (κ2) is 16.3. The van der Waals surface area contributed by atoms with Crippen molar-refractivity contribution in [2.45, 2.75) is 76.2 Å². The zero-order chi connectivity index (χ0) is 28.0. The number of aryl methyl sites for hydroxylation is 3. The molecule has 1 heterocycles. The predicted octanol–water partition coefficient (Wildman–Crippen LogP) is 11.1. The summed E-state index contributed by atoms with van der Waals surface area (Å²) < 4.78 is 0. The van der Waals surface area contributed by atoms with Crippen LogP contribution in [-0.2, 0) is 0 Å². The van der Waals surface area contributed by atoms with Crippen molar-refractivity contribution in [2.75, 3.05) is 0 Å². The molecule has 2 heteroatoms. The van der Waals surface area contributed by atoms with Gasteiger partial charge in [-0.05, 0) is 53.4 Å². The third-order valence-corrected chi connectivity index (χ3v) is 5.71. The molecule has 0 aliphatic heterocycles. The van der Waals surface area contributed by atoms with Gasteiger partial charge in [0.2, 0.25) is 0 Å². The fourth-order valence-corrected chi connectivity index (χ4v) is 4.31. The first-order chi connectivity index (χ1) is 18.1. The standard InChI is InChI=1S/C27H22N2.4C2H6/c1-17-15-16-24(23-13-7-6-11-21(17)23)26-18(2)28-27(29-19(26)3)25-14-8-10-20-9-4-5-12-22(20)25;4*1-2/h4-16H,1-3H3;4*1-2H3. The second-order valence-corrected chi connectivity index (χ2v) is 7.60. The van der Waals surface area contributed by atoms with Crippen molar-refractivity contribution >= 4 is 21.5 Å². The Balaban J connectivity index is 0.000000784. The molecule has 0 unspecified atom stereocenters. The maximum Gasteiger partial charge on any atom is 0.160 e. The summed E-state index contributed by atoms with van der Waals surface area (Å²) in [7, 11) is 0. The van der Waals surface area contributed by atoms with Crippen LogP contribution in [0.3, 0.4) is 0 Å². The van der Waals surface area contributed by atoms with E-state index in [2.05, 4.69) is 99.6 Å². The van der Waals surface area contributed by atoms with Gasteiger partial charge in [-0.15, -0.1) is 0 Å². The Kier molecular flexibility index (Phi) is 13.9. The maximum atomic E-state index is 4.95. The lowest BCUT2D eigenvalue weighted by atomic mass is 9.93. The third kappa shape index (κ3) is 7.04. The quantitative estimate of drug-likeness (QED) is 0.244. The lowest BCUT2D eigenvalue weighted by molar-refractivity contribution is 1.07. The van der Waals surface area contributed by atoms with Gasteiger partial charge in [-0.1, -0.05) is 134 Å². The molecular formula is C35H46N2. The van der Waals surface area contributed by atoms with Gasteiger partial charge in [-0.25, -0.2) is 9.97 Å². The number of nitrogens with zero attached hydrogens (tertiary/aromatic N) is 2. The van der Waals surface area contributed by atoms with Crippen molar-refractivity contribution in [2.24, 2.45) is 0 Å². The van der Waals surface area contributed by atoms with Crippen molar-refractivity contribution in [3.8, 4) is 22.5 Å². The van der Waals surface area contributed by atoms with Crippen LogP contribution in [0.5, 0.6) is 0 Å². The van der Waals surface area contributed by atoms with E-state index in [0.29, 0.717) is 0 Å². The summed E-state index contributed by atoms with van der Waals surface area (Å²) in [5.41, 5.74) is 6.71. The zero-order valence-electron chi connectivity index (χ0n) is 24.9. The van der Waals surface area contributed by atoms with Crippen molar-refractivity contribution < 1.29 is 0 Å². The summed E-state index contributed by atoms with van der Waals surface area (Å²) in [6, 6.07) is 27.7. The average Bonchev–Trinajstić information content (AvgIpc) is 2.98. The van der Waals surface area contributed by atoms with E-state index >= 15 is 0 Å². The summed E-state index contributed by atoms with van der Waals surface area (Å²) in [6.45, 7) is 22.3. The third-order valence-electron chi connectivity index (χ3n) is 5.71. The van der Waals surface area contributed by atoms with E-state index in [1.165, 1.54) is 32.7 Å². The lowest BCUT2D eigenvalue weighted by Crippen LogP contribution is -2.00. The van der Waals surface area contributed by atoms with E-state index in [0.717, 1.165) is 28.3 Å². The Morgan fingerprint density at radius 3 is 1.51 bits per heavy atom. The summed E-state index contributed by atoms with van der Waals surface area (Å²) in [5, 5.41) is 4.92. The normalized spacial score (nSPS) is 9.49. The molecule has 0 bridgehead atoms. The van der Waals surface area contributed by atoms with E-state index < -0.39 is 0 Å². The number of rotatable bonds is 2. The molecule has 0 spiro atoms. The molecule has 5 aromatic rings. The Morgan fingerprint density at radius 2 is 0.919 bits per heavy atom. The molecule has 0 amide bonds. The highest BCUT2D eigenvalue weighted by Gasteiger charge is 2.15. The van der Waals surface area contributed by atoms with Crippen molar-refractivity contribution in [1.29, 1.82) is 0 Å². The fourth-order valence-electron chi connectivity index (χ4n) is 4.31. The average molecular weight is 495 g/mol. The number of aromatic nitrogens is 2. The van der Waals surface area contributed by atoms with Crippen LogP contribution in [-0.4, -0.2) is 9.97 Å². The molecule has 1 aromatic heterocycles. The van der Waals surface area contributed by atoms with Crippen LogP contribution >= 0.6 is 0 Å². The van der Waals surface area contributed by atoms with Crippen molar-refractivity contribution in [1.82, 2.24) is 9.97 Å². The zero-order valence-corrected chi connectivity index (χ0v) is 24.9. The fraction of sp³-hybridized carbons (Fsp3) is 0.314. The summed E-state index contributed by atoms with van der Waals surface area (Å²) >= 11 is 0. The molecule has 0 aliphatic carbocycles. The first-order valence-electron chi connectivity index (χ1n) is 14.0. The monoisotopic (exact) mass is 494 g/mol. The van der Waals surface area contributed by atoms with Crippen LogP contribution < -0.4 is 0 Å². The highest BCUT2D eigenvalue weighted by atomic mass is 14.9. The van der Waals surface area contributed by atoms with Gasteiger partial charge in [0.1, 0.15) is 0 Å². The van der Waals surface area contributed by atoms with Gasteiger partial charge >= 0.3 is 0 Å². The van der Waals surface area contributed by atoms with Gasteiger partial charge in [-0.3, -0.25) is 0 Å². The highest BCUT2D eigenvalue weighted by Crippen LogP contribution is 2.35. The van der Waals surface area contributed by atoms with E-state index in [1.807, 2.05) is 55.4 Å². The number of benzene rings is 4. The largest absolute Gasteiger partial charge is 0.233 e. The molecule has 0 fully saturated rings. The summed E-state index contributed by atoms with van der Waals surface area (Å²) in [6.07, 6.45) is 0. The second-order valence-electron chi connectivity index (χ2n) is 7.60. The molecule has 0 N–H and O–H groups in total. The molecule has 0 atom stereocenters. The first-order valence-corrected chi connectivity index (χ1v) is 14.0. The Labute approximate surface area is 225 Å². The minimum atomic E-state index is 0.789. The summed E-state index contributed by atoms with van der Waals surface area (Å²) in [5.74, 6) is 0.789. The Hall–Kier alpha value is -3.52. The van der Waals surface area contributed by atoms with Crippen LogP contribution in [0.15, 0.2) is 78.9 Å². The minimum absolute atomic E-state index is 0.789. The van der Waals surface area contributed by atoms with E-state index in [1.54, 1.807) is 0 Å². The molecule has 0 saturated carbocycles. The molecule has 4 aromatic carbocycles. The number of hydrogen-bond acceptors (Lipinski definition) is 2. The minimum Gasteiger partial charge on any atom is -0.233 e. The number of hydrogen-bond donors (Lipinski definition) is 0. The molecule has 5 rings (SSSR count). The van der Waals surface area contributed by atoms with Gasteiger partial charge in [0.05, 0.1) is 0 Å². The van der Waals surface area contributed by atoms with Crippen LogP contribution in [0.4, 0.5) is 0 Å². The molecule has 37 heavy (non-hydrogen) atoms. The predicted molar refractivity (Wildman–Crippen MR) is 168 cm³/mol. The first kappa shape index (κ1) is 31.5. The highest BCUT2D eigenvalue weighted by molar-refractivity contribution is 6.00. The Morgan fingerprint density at radius 1 is 0.432 bits per heavy atom. The van der Waals surface area contributed by atoms with Gasteiger partial charge in [-0.2, -0.15) is 0 Å². The van der Waals surface area contributed by atoms with E-state index in [4.69, 9.17) is 9.97 Å². The van der Waals surface area contributed by atoms with E-state index in [9.17, 15) is 0 Å². The molecule has 196 valence electrons. The number of fused-ring (bicyclic) bond motifs is 2. The van der Waals surface area contributed by atoms with E-state index in [-0.39, 0.29) is 0 Å². The van der Waals surface area contributed by atoms with Crippen LogP contribution in [0.1, 0.15) is 72.3 Å². The molecule has 0 aliphatic rings. The van der Waals surface area contributed by atoms with Crippen LogP contribution in [0, 0.1) is 20.8 Å². The molecule has 2 nitrogen and oxygen atoms in total. The topological polar surface area (TPSA) is 25.8 Å². The Bertz CT molecular complexity index is 1350. The smallest absolute Gasteiger partial charge is 0.160 e. The maximum absolute atomic E-state index is 4.95. The van der Waals surface area contributed by atoms with Crippen molar-refractivity contribution in [3.05, 3.63) is 95.8 Å². The van der Waals surface area contributed by atoms with Crippen LogP contribution in [0.25, 0.3) is 44.1 Å². The lowest BCUT2D eigenvalue weighted by Gasteiger charge is -2.15. The van der Waals surface area contributed by atoms with Gasteiger partial charge in [0.25, 0.3) is 0 Å². The molecule has 0 saturated heterocycles.